The molecule has 0 unspecified atom stereocenters. The van der Waals surface area contributed by atoms with Crippen LogP contribution in [0.1, 0.15) is 11.1 Å². The summed E-state index contributed by atoms with van der Waals surface area (Å²) in [4.78, 5) is 2.06. The highest BCUT2D eigenvalue weighted by Crippen LogP contribution is 2.36. The number of aliphatic hydroxyl groups is 1. The molecule has 1 aliphatic rings. The van der Waals surface area contributed by atoms with Crippen LogP contribution in [0.25, 0.3) is 0 Å². The first-order valence-corrected chi connectivity index (χ1v) is 8.38. The van der Waals surface area contributed by atoms with Crippen LogP contribution in [-0.4, -0.2) is 12.2 Å². The van der Waals surface area contributed by atoms with Gasteiger partial charge in [0.25, 0.3) is 11.5 Å². The summed E-state index contributed by atoms with van der Waals surface area (Å²) in [6, 6.07) is 23.9. The van der Waals surface area contributed by atoms with Crippen molar-refractivity contribution in [1.29, 1.82) is 0 Å². The Labute approximate surface area is 147 Å². The van der Waals surface area contributed by atoms with Crippen LogP contribution >= 0.6 is 0 Å². The second-order valence-electron chi connectivity index (χ2n) is 6.30. The zero-order valence-electron chi connectivity index (χ0n) is 14.2. The number of ether oxygens (including phenoxy) is 1. The predicted octanol–water partition coefficient (Wildman–Crippen LogP) is 2.85. The van der Waals surface area contributed by atoms with E-state index in [0.717, 1.165) is 22.7 Å². The Morgan fingerprint density at radius 3 is 2.44 bits per heavy atom. The normalized spacial score (nSPS) is 18.9. The van der Waals surface area contributed by atoms with Gasteiger partial charge in [-0.1, -0.05) is 36.4 Å². The molecule has 0 fully saturated rings. The van der Waals surface area contributed by atoms with Crippen LogP contribution < -0.4 is 14.2 Å². The molecule has 0 amide bonds. The average molecular weight is 333 g/mol. The van der Waals surface area contributed by atoms with Crippen molar-refractivity contribution in [3.05, 3.63) is 90.1 Å². The number of hydrogen-bond acceptors (Lipinski definition) is 3. The van der Waals surface area contributed by atoms with E-state index in [4.69, 9.17) is 4.74 Å². The SMILES string of the molecule is COc1ccc([C@@]2(O)C[n+]3ccccc3N2Cc2ccccc2)cc1. The molecule has 4 nitrogen and oxygen atoms in total. The van der Waals surface area contributed by atoms with Gasteiger partial charge in [0, 0.05) is 11.6 Å². The zero-order chi connectivity index (χ0) is 17.3. The lowest BCUT2D eigenvalue weighted by Gasteiger charge is -2.27. The number of methoxy groups -OCH3 is 1. The van der Waals surface area contributed by atoms with Crippen LogP contribution in [0.5, 0.6) is 5.75 Å². The van der Waals surface area contributed by atoms with Crippen molar-refractivity contribution in [2.75, 3.05) is 12.0 Å². The fraction of sp³-hybridized carbons (Fsp3) is 0.190. The predicted molar refractivity (Wildman–Crippen MR) is 96.2 cm³/mol. The third-order valence-corrected chi connectivity index (χ3v) is 4.77. The first-order valence-electron chi connectivity index (χ1n) is 8.38. The maximum Gasteiger partial charge on any atom is 0.279 e. The van der Waals surface area contributed by atoms with E-state index in [1.807, 2.05) is 66.9 Å². The molecule has 25 heavy (non-hydrogen) atoms. The molecule has 4 rings (SSSR count). The summed E-state index contributed by atoms with van der Waals surface area (Å²) in [6.07, 6.45) is 2.01. The highest BCUT2D eigenvalue weighted by atomic mass is 16.5. The molecule has 0 saturated carbocycles. The Morgan fingerprint density at radius 2 is 1.72 bits per heavy atom. The fourth-order valence-corrected chi connectivity index (χ4v) is 3.44. The van der Waals surface area contributed by atoms with Gasteiger partial charge in [-0.15, -0.1) is 0 Å². The van der Waals surface area contributed by atoms with E-state index >= 15 is 0 Å². The Morgan fingerprint density at radius 1 is 1.00 bits per heavy atom. The van der Waals surface area contributed by atoms with Crippen molar-refractivity contribution in [3.63, 3.8) is 0 Å². The molecule has 0 aliphatic carbocycles. The van der Waals surface area contributed by atoms with Gasteiger partial charge in [-0.2, -0.15) is 0 Å². The topological polar surface area (TPSA) is 36.6 Å². The lowest BCUT2D eigenvalue weighted by atomic mass is 10.0. The molecule has 3 aromatic rings. The Bertz CT molecular complexity index is 865. The minimum Gasteiger partial charge on any atom is -0.497 e. The highest BCUT2D eigenvalue weighted by Gasteiger charge is 2.51. The molecule has 0 spiro atoms. The van der Waals surface area contributed by atoms with Crippen molar-refractivity contribution in [3.8, 4) is 5.75 Å². The smallest absolute Gasteiger partial charge is 0.279 e. The molecular formula is C21H21N2O2+. The van der Waals surface area contributed by atoms with E-state index in [0.29, 0.717) is 13.1 Å². The Balaban J connectivity index is 1.76. The standard InChI is InChI=1S/C21H21N2O2/c1-25-19-12-10-18(11-13-19)21(24)16-22-14-6-5-9-20(22)23(21)15-17-7-3-2-4-8-17/h2-14,24H,15-16H2,1H3/q+1/t21-/m0/s1. The van der Waals surface area contributed by atoms with Gasteiger partial charge in [0.15, 0.2) is 6.54 Å². The van der Waals surface area contributed by atoms with Gasteiger partial charge in [0.2, 0.25) is 0 Å². The van der Waals surface area contributed by atoms with Gasteiger partial charge in [-0.25, -0.2) is 9.47 Å². The van der Waals surface area contributed by atoms with Gasteiger partial charge < -0.3 is 9.84 Å². The molecule has 0 radical (unpaired) electrons. The van der Waals surface area contributed by atoms with E-state index < -0.39 is 5.72 Å². The molecule has 2 aromatic carbocycles. The second kappa shape index (κ2) is 6.22. The summed E-state index contributed by atoms with van der Waals surface area (Å²) in [5, 5.41) is 11.6. The van der Waals surface area contributed by atoms with Gasteiger partial charge >= 0.3 is 0 Å². The molecule has 126 valence electrons. The summed E-state index contributed by atoms with van der Waals surface area (Å²) >= 11 is 0. The summed E-state index contributed by atoms with van der Waals surface area (Å²) in [7, 11) is 1.65. The maximum atomic E-state index is 11.6. The van der Waals surface area contributed by atoms with E-state index in [-0.39, 0.29) is 0 Å². The van der Waals surface area contributed by atoms with Crippen LogP contribution in [0.3, 0.4) is 0 Å². The number of aromatic nitrogens is 1. The summed E-state index contributed by atoms with van der Waals surface area (Å²) in [6.45, 7) is 1.12. The van der Waals surface area contributed by atoms with E-state index in [2.05, 4.69) is 21.6 Å². The van der Waals surface area contributed by atoms with Crippen molar-refractivity contribution in [1.82, 2.24) is 0 Å². The first kappa shape index (κ1) is 15.7. The number of rotatable bonds is 4. The number of benzene rings is 2. The quantitative estimate of drug-likeness (QED) is 0.746. The van der Waals surface area contributed by atoms with E-state index in [9.17, 15) is 5.11 Å². The fourth-order valence-electron chi connectivity index (χ4n) is 3.44. The maximum absolute atomic E-state index is 11.6. The van der Waals surface area contributed by atoms with E-state index in [1.165, 1.54) is 0 Å². The monoisotopic (exact) mass is 333 g/mol. The number of hydrogen-bond donors (Lipinski definition) is 1. The highest BCUT2D eigenvalue weighted by molar-refractivity contribution is 5.45. The van der Waals surface area contributed by atoms with Crippen LogP contribution in [0, 0.1) is 0 Å². The number of nitrogens with zero attached hydrogens (tertiary/aromatic N) is 2. The molecule has 1 aliphatic heterocycles. The Kier molecular flexibility index (Phi) is 3.90. The van der Waals surface area contributed by atoms with Gasteiger partial charge in [-0.3, -0.25) is 0 Å². The molecule has 0 bridgehead atoms. The molecule has 1 atom stereocenters. The van der Waals surface area contributed by atoms with Crippen LogP contribution in [0.4, 0.5) is 5.82 Å². The van der Waals surface area contributed by atoms with Crippen molar-refractivity contribution >= 4 is 5.82 Å². The molecule has 1 aromatic heterocycles. The van der Waals surface area contributed by atoms with Crippen LogP contribution in [0.2, 0.25) is 0 Å². The average Bonchev–Trinajstić information content (AvgIpc) is 2.96. The largest absolute Gasteiger partial charge is 0.497 e. The Hall–Kier alpha value is -2.85. The lowest BCUT2D eigenvalue weighted by Crippen LogP contribution is -2.45. The summed E-state index contributed by atoms with van der Waals surface area (Å²) in [5.41, 5.74) is 0.913. The second-order valence-corrected chi connectivity index (χ2v) is 6.30. The van der Waals surface area contributed by atoms with Gasteiger partial charge in [0.05, 0.1) is 13.3 Å². The number of pyridine rings is 1. The van der Waals surface area contributed by atoms with Gasteiger partial charge in [-0.05, 0) is 35.9 Å². The van der Waals surface area contributed by atoms with Crippen LogP contribution in [0.15, 0.2) is 79.0 Å². The lowest BCUT2D eigenvalue weighted by molar-refractivity contribution is -0.683. The van der Waals surface area contributed by atoms with Crippen molar-refractivity contribution in [2.45, 2.75) is 18.8 Å². The molecule has 1 N–H and O–H groups in total. The zero-order valence-corrected chi connectivity index (χ0v) is 14.2. The summed E-state index contributed by atoms with van der Waals surface area (Å²) < 4.78 is 7.34. The first-order chi connectivity index (χ1) is 12.2. The van der Waals surface area contributed by atoms with Crippen LogP contribution in [-0.2, 0) is 18.8 Å². The molecular weight excluding hydrogens is 312 g/mol. The number of anilines is 1. The molecule has 4 heteroatoms. The third-order valence-electron chi connectivity index (χ3n) is 4.77. The van der Waals surface area contributed by atoms with E-state index in [1.54, 1.807) is 7.11 Å². The minimum atomic E-state index is -1.10. The molecule has 2 heterocycles. The van der Waals surface area contributed by atoms with Crippen molar-refractivity contribution in [2.24, 2.45) is 0 Å². The van der Waals surface area contributed by atoms with Gasteiger partial charge in [0.1, 0.15) is 12.3 Å². The molecule has 0 saturated heterocycles. The summed E-state index contributed by atoms with van der Waals surface area (Å²) in [5.74, 6) is 1.79. The third kappa shape index (κ3) is 2.75. The minimum absolute atomic E-state index is 0.488. The van der Waals surface area contributed by atoms with Crippen molar-refractivity contribution < 1.29 is 14.4 Å². The number of fused-ring (bicyclic) bond motifs is 1.